The molecule has 1 amide bonds. The lowest BCUT2D eigenvalue weighted by molar-refractivity contribution is -0.121. The van der Waals surface area contributed by atoms with Crippen molar-refractivity contribution in [3.05, 3.63) is 23.8 Å². The molecule has 0 radical (unpaired) electrons. The third-order valence-electron chi connectivity index (χ3n) is 2.74. The molecule has 2 aromatic rings. The highest BCUT2D eigenvalue weighted by molar-refractivity contribution is 5.96. The highest BCUT2D eigenvalue weighted by Crippen LogP contribution is 2.36. The summed E-state index contributed by atoms with van der Waals surface area (Å²) in [5.41, 5.74) is 2.11. The quantitative estimate of drug-likeness (QED) is 0.795. The van der Waals surface area contributed by atoms with Crippen LogP contribution < -0.4 is 0 Å². The minimum atomic E-state index is -0.309. The molecule has 94 valence electrons. The lowest BCUT2D eigenvalue weighted by Crippen LogP contribution is -2.01. The Morgan fingerprint density at radius 3 is 2.78 bits per heavy atom. The smallest absolute Gasteiger partial charge is 0.267 e. The Morgan fingerprint density at radius 1 is 1.39 bits per heavy atom. The Kier molecular flexibility index (Phi) is 3.14. The molecule has 0 fully saturated rings. The van der Waals surface area contributed by atoms with Crippen LogP contribution in [0.4, 0.5) is 5.69 Å². The normalized spacial score (nSPS) is 11.8. The van der Waals surface area contributed by atoms with Gasteiger partial charge in [-0.3, -0.25) is 4.79 Å². The number of nitrogens with zero attached hydrogens (tertiary/aromatic N) is 2. The van der Waals surface area contributed by atoms with Crippen LogP contribution in [0, 0.1) is 12.8 Å². The first-order valence-electron chi connectivity index (χ1n) is 5.76. The molecule has 0 spiro atoms. The van der Waals surface area contributed by atoms with Crippen LogP contribution in [-0.4, -0.2) is 16.0 Å². The monoisotopic (exact) mass is 245 g/mol. The van der Waals surface area contributed by atoms with Crippen molar-refractivity contribution in [2.45, 2.75) is 20.8 Å². The molecular weight excluding hydrogens is 230 g/mol. The van der Waals surface area contributed by atoms with E-state index in [4.69, 9.17) is 0 Å². The van der Waals surface area contributed by atoms with E-state index in [0.29, 0.717) is 5.69 Å². The van der Waals surface area contributed by atoms with Crippen LogP contribution >= 0.6 is 0 Å². The number of aromatic hydroxyl groups is 1. The largest absolute Gasteiger partial charge is 0.493 e. The second-order valence-corrected chi connectivity index (χ2v) is 4.51. The molecule has 0 unspecified atom stereocenters. The van der Waals surface area contributed by atoms with E-state index in [2.05, 4.69) is 15.2 Å². The first kappa shape index (κ1) is 12.3. The summed E-state index contributed by atoms with van der Waals surface area (Å²) in [6.07, 6.45) is 0. The van der Waals surface area contributed by atoms with E-state index >= 15 is 0 Å². The number of carbonyl (C=O) groups excluding carboxylic acids is 1. The van der Waals surface area contributed by atoms with E-state index in [1.54, 1.807) is 13.8 Å². The van der Waals surface area contributed by atoms with Gasteiger partial charge in [-0.15, -0.1) is 10.2 Å². The van der Waals surface area contributed by atoms with Crippen LogP contribution in [0.1, 0.15) is 19.4 Å². The van der Waals surface area contributed by atoms with E-state index in [-0.39, 0.29) is 17.7 Å². The molecule has 0 aliphatic heterocycles. The fraction of sp³-hybridized carbons (Fsp3) is 0.308. The highest BCUT2D eigenvalue weighted by Gasteiger charge is 2.12. The van der Waals surface area contributed by atoms with Crippen LogP contribution in [0.25, 0.3) is 10.9 Å². The molecule has 18 heavy (non-hydrogen) atoms. The lowest BCUT2D eigenvalue weighted by atomic mass is 10.1. The first-order chi connectivity index (χ1) is 8.50. The maximum Gasteiger partial charge on any atom is 0.267 e. The molecule has 0 saturated heterocycles. The second kappa shape index (κ2) is 4.60. The number of aromatic amines is 1. The number of carbonyl (C=O) groups is 1. The van der Waals surface area contributed by atoms with Crippen LogP contribution in [-0.2, 0) is 4.79 Å². The number of hydrogen-bond acceptors (Lipinski definition) is 3. The van der Waals surface area contributed by atoms with Gasteiger partial charge >= 0.3 is 0 Å². The molecule has 2 N–H and O–H groups in total. The second-order valence-electron chi connectivity index (χ2n) is 4.51. The van der Waals surface area contributed by atoms with E-state index < -0.39 is 0 Å². The molecule has 0 aliphatic carbocycles. The molecule has 1 aromatic carbocycles. The van der Waals surface area contributed by atoms with Gasteiger partial charge in [-0.25, -0.2) is 0 Å². The number of nitrogens with one attached hydrogen (secondary N) is 1. The number of hydrogen-bond donors (Lipinski definition) is 2. The number of aryl methyl sites for hydroxylation is 1. The van der Waals surface area contributed by atoms with Gasteiger partial charge in [0.05, 0.1) is 5.52 Å². The Bertz CT molecular complexity index is 626. The van der Waals surface area contributed by atoms with Crippen molar-refractivity contribution >= 4 is 22.5 Å². The molecule has 2 rings (SSSR count). The van der Waals surface area contributed by atoms with Crippen molar-refractivity contribution in [1.82, 2.24) is 4.98 Å². The number of rotatable bonds is 2. The van der Waals surface area contributed by atoms with Crippen molar-refractivity contribution < 1.29 is 9.90 Å². The van der Waals surface area contributed by atoms with Gasteiger partial charge in [-0.1, -0.05) is 32.0 Å². The van der Waals surface area contributed by atoms with Gasteiger partial charge in [0, 0.05) is 11.3 Å². The van der Waals surface area contributed by atoms with Crippen molar-refractivity contribution in [2.75, 3.05) is 0 Å². The van der Waals surface area contributed by atoms with Crippen LogP contribution in [0.5, 0.6) is 5.88 Å². The van der Waals surface area contributed by atoms with Gasteiger partial charge in [0.15, 0.2) is 5.69 Å². The predicted octanol–water partition coefficient (Wildman–Crippen LogP) is 3.45. The Morgan fingerprint density at radius 2 is 2.11 bits per heavy atom. The molecule has 0 bridgehead atoms. The summed E-state index contributed by atoms with van der Waals surface area (Å²) in [6, 6.07) is 5.62. The summed E-state index contributed by atoms with van der Waals surface area (Å²) in [7, 11) is 0. The van der Waals surface area contributed by atoms with E-state index in [1.165, 1.54) is 0 Å². The summed E-state index contributed by atoms with van der Waals surface area (Å²) >= 11 is 0. The number of azo groups is 1. The summed E-state index contributed by atoms with van der Waals surface area (Å²) in [5.74, 6) is -0.584. The molecule has 0 atom stereocenters. The number of fused-ring (bicyclic) bond motifs is 1. The Labute approximate surface area is 105 Å². The molecule has 1 heterocycles. The van der Waals surface area contributed by atoms with Crippen molar-refractivity contribution in [1.29, 1.82) is 0 Å². The van der Waals surface area contributed by atoms with Gasteiger partial charge in [-0.05, 0) is 12.5 Å². The molecule has 0 aliphatic rings. The summed E-state index contributed by atoms with van der Waals surface area (Å²) in [6.45, 7) is 5.43. The number of H-pyrrole nitrogens is 1. The number of aromatic nitrogens is 1. The van der Waals surface area contributed by atoms with Crippen LogP contribution in [0.3, 0.4) is 0 Å². The number of benzene rings is 1. The average molecular weight is 245 g/mol. The summed E-state index contributed by atoms with van der Waals surface area (Å²) < 4.78 is 0. The maximum atomic E-state index is 11.4. The van der Waals surface area contributed by atoms with E-state index in [0.717, 1.165) is 16.5 Å². The zero-order valence-corrected chi connectivity index (χ0v) is 10.6. The molecule has 5 nitrogen and oxygen atoms in total. The van der Waals surface area contributed by atoms with Gasteiger partial charge in [0.25, 0.3) is 5.91 Å². The maximum absolute atomic E-state index is 11.4. The van der Waals surface area contributed by atoms with E-state index in [9.17, 15) is 9.90 Å². The third kappa shape index (κ3) is 2.11. The minimum Gasteiger partial charge on any atom is -0.493 e. The number of para-hydroxylation sites is 1. The first-order valence-corrected chi connectivity index (χ1v) is 5.76. The standard InChI is InChI=1S/C13H15N3O2/c1-7(2)12(17)16-15-11-9-6-4-5-8(3)10(9)14-13(11)18/h4-7,14,18H,1-3H3. The molecule has 1 aromatic heterocycles. The van der Waals surface area contributed by atoms with Gasteiger partial charge in [-0.2, -0.15) is 0 Å². The number of amides is 1. The highest BCUT2D eigenvalue weighted by atomic mass is 16.3. The lowest BCUT2D eigenvalue weighted by Gasteiger charge is -1.96. The van der Waals surface area contributed by atoms with Gasteiger partial charge in [0.2, 0.25) is 5.88 Å². The van der Waals surface area contributed by atoms with Crippen LogP contribution in [0.15, 0.2) is 28.4 Å². The van der Waals surface area contributed by atoms with Crippen molar-refractivity contribution in [3.8, 4) is 5.88 Å². The van der Waals surface area contributed by atoms with Crippen LogP contribution in [0.2, 0.25) is 0 Å². The van der Waals surface area contributed by atoms with Gasteiger partial charge < -0.3 is 10.1 Å². The summed E-state index contributed by atoms with van der Waals surface area (Å²) in [4.78, 5) is 14.2. The fourth-order valence-corrected chi connectivity index (χ4v) is 1.65. The van der Waals surface area contributed by atoms with Crippen molar-refractivity contribution in [3.63, 3.8) is 0 Å². The molecule has 5 heteroatoms. The third-order valence-corrected chi connectivity index (χ3v) is 2.74. The molecular formula is C13H15N3O2. The van der Waals surface area contributed by atoms with E-state index in [1.807, 2.05) is 25.1 Å². The summed E-state index contributed by atoms with van der Waals surface area (Å²) in [5, 5.41) is 18.0. The minimum absolute atomic E-state index is 0.0698. The Balaban J connectivity index is 2.49. The average Bonchev–Trinajstić information content (AvgIpc) is 2.64. The fourth-order valence-electron chi connectivity index (χ4n) is 1.65. The van der Waals surface area contributed by atoms with Crippen molar-refractivity contribution in [2.24, 2.45) is 16.1 Å². The zero-order valence-electron chi connectivity index (χ0n) is 10.6. The van der Waals surface area contributed by atoms with Gasteiger partial charge in [0.1, 0.15) is 0 Å². The Hall–Kier alpha value is -2.17. The predicted molar refractivity (Wildman–Crippen MR) is 69.1 cm³/mol. The zero-order chi connectivity index (χ0) is 13.3. The SMILES string of the molecule is Cc1cccc2c(N=NC(=O)C(C)C)c(O)[nH]c12. The molecule has 0 saturated carbocycles. The topological polar surface area (TPSA) is 77.8 Å².